The molecule has 0 amide bonds. The first-order valence-corrected chi connectivity index (χ1v) is 3.90. The van der Waals surface area contributed by atoms with Gasteiger partial charge in [0.05, 0.1) is 9.85 Å². The average Bonchev–Trinajstić information content (AvgIpc) is 2.02. The Labute approximate surface area is 80.6 Å². The summed E-state index contributed by atoms with van der Waals surface area (Å²) in [5.41, 5.74) is -1.04. The average molecular weight is 247 g/mol. The Morgan fingerprint density at radius 3 is 2.15 bits per heavy atom. The van der Waals surface area contributed by atoms with Crippen LogP contribution >= 0.6 is 15.9 Å². The van der Waals surface area contributed by atoms with Gasteiger partial charge < -0.3 is 0 Å². The van der Waals surface area contributed by atoms with E-state index in [9.17, 15) is 20.2 Å². The van der Waals surface area contributed by atoms with Crippen molar-refractivity contribution in [3.8, 4) is 0 Å². The van der Waals surface area contributed by atoms with Crippen LogP contribution in [0.4, 0.5) is 11.4 Å². The van der Waals surface area contributed by atoms with Gasteiger partial charge in [0, 0.05) is 6.07 Å². The van der Waals surface area contributed by atoms with Crippen molar-refractivity contribution in [1.29, 1.82) is 0 Å². The van der Waals surface area contributed by atoms with Gasteiger partial charge in [0.25, 0.3) is 0 Å². The van der Waals surface area contributed by atoms with Crippen LogP contribution in [0.25, 0.3) is 0 Å². The Hall–Kier alpha value is -1.50. The topological polar surface area (TPSA) is 86.3 Å². The minimum Gasteiger partial charge on any atom is -0.258 e. The Morgan fingerprint density at radius 1 is 1.15 bits per heavy atom. The molecule has 0 N–H and O–H groups in total. The quantitative estimate of drug-likeness (QED) is 0.592. The molecule has 0 radical (unpaired) electrons. The molecular weight excluding hydrogens is 244 g/mol. The maximum absolute atomic E-state index is 10.4. The first-order chi connectivity index (χ1) is 6.04. The molecule has 0 saturated heterocycles. The maximum atomic E-state index is 10.4. The van der Waals surface area contributed by atoms with E-state index in [1.165, 1.54) is 12.1 Å². The summed E-state index contributed by atoms with van der Waals surface area (Å²) in [6, 6.07) is 3.84. The van der Waals surface area contributed by atoms with Crippen molar-refractivity contribution in [2.24, 2.45) is 0 Å². The highest BCUT2D eigenvalue weighted by molar-refractivity contribution is 9.10. The number of nitrogens with zero attached hydrogens (tertiary/aromatic N) is 2. The standard InChI is InChI=1S/C6H3BrN2O4/c7-4-2-1-3-5(8(10)11)6(4)9(12)13/h1-3H. The van der Waals surface area contributed by atoms with Gasteiger partial charge >= 0.3 is 11.4 Å². The van der Waals surface area contributed by atoms with Crippen LogP contribution < -0.4 is 0 Å². The number of halogens is 1. The number of nitro groups is 2. The van der Waals surface area contributed by atoms with Crippen molar-refractivity contribution < 1.29 is 9.85 Å². The van der Waals surface area contributed by atoms with Crippen LogP contribution in [0.1, 0.15) is 0 Å². The van der Waals surface area contributed by atoms with E-state index < -0.39 is 21.2 Å². The molecule has 7 heteroatoms. The van der Waals surface area contributed by atoms with E-state index >= 15 is 0 Å². The van der Waals surface area contributed by atoms with Gasteiger partial charge in [-0.15, -0.1) is 0 Å². The molecule has 0 spiro atoms. The van der Waals surface area contributed by atoms with Crippen molar-refractivity contribution in [2.75, 3.05) is 0 Å². The molecule has 0 heterocycles. The molecule has 0 unspecified atom stereocenters. The second-order valence-electron chi connectivity index (χ2n) is 2.12. The lowest BCUT2D eigenvalue weighted by Gasteiger charge is -1.95. The first-order valence-electron chi connectivity index (χ1n) is 3.11. The summed E-state index contributed by atoms with van der Waals surface area (Å²) in [4.78, 5) is 19.2. The summed E-state index contributed by atoms with van der Waals surface area (Å²) in [5, 5.41) is 20.8. The molecule has 1 rings (SSSR count). The second-order valence-corrected chi connectivity index (χ2v) is 2.98. The van der Waals surface area contributed by atoms with Gasteiger partial charge in [-0.2, -0.15) is 0 Å². The second kappa shape index (κ2) is 3.48. The third-order valence-corrected chi connectivity index (χ3v) is 1.98. The van der Waals surface area contributed by atoms with Gasteiger partial charge in [-0.05, 0) is 22.0 Å². The van der Waals surface area contributed by atoms with E-state index in [1.54, 1.807) is 0 Å². The predicted molar refractivity (Wildman–Crippen MR) is 47.5 cm³/mol. The van der Waals surface area contributed by atoms with E-state index in [2.05, 4.69) is 15.9 Å². The smallest absolute Gasteiger partial charge is 0.258 e. The number of nitro benzene ring substituents is 2. The number of rotatable bonds is 2. The van der Waals surface area contributed by atoms with Crippen molar-refractivity contribution in [2.45, 2.75) is 0 Å². The van der Waals surface area contributed by atoms with Crippen LogP contribution in [0.2, 0.25) is 0 Å². The fourth-order valence-corrected chi connectivity index (χ4v) is 1.33. The summed E-state index contributed by atoms with van der Waals surface area (Å²) in [6.45, 7) is 0. The zero-order valence-electron chi connectivity index (χ0n) is 6.14. The molecule has 68 valence electrons. The van der Waals surface area contributed by atoms with Crippen LogP contribution in [-0.2, 0) is 0 Å². The van der Waals surface area contributed by atoms with Crippen LogP contribution in [0.15, 0.2) is 22.7 Å². The molecule has 0 fully saturated rings. The SMILES string of the molecule is O=[N+]([O-])c1cccc(Br)c1[N+](=O)[O-]. The molecule has 6 nitrogen and oxygen atoms in total. The van der Waals surface area contributed by atoms with Crippen molar-refractivity contribution >= 4 is 27.3 Å². The van der Waals surface area contributed by atoms with Crippen LogP contribution in [0.3, 0.4) is 0 Å². The van der Waals surface area contributed by atoms with Crippen LogP contribution in [0.5, 0.6) is 0 Å². The molecule has 0 saturated carbocycles. The zero-order valence-corrected chi connectivity index (χ0v) is 7.72. The molecular formula is C6H3BrN2O4. The van der Waals surface area contributed by atoms with Gasteiger partial charge in [0.15, 0.2) is 0 Å². The zero-order chi connectivity index (χ0) is 10.0. The van der Waals surface area contributed by atoms with Crippen molar-refractivity contribution in [3.63, 3.8) is 0 Å². The van der Waals surface area contributed by atoms with Gasteiger partial charge in [0.1, 0.15) is 4.47 Å². The molecule has 0 bridgehead atoms. The predicted octanol–water partition coefficient (Wildman–Crippen LogP) is 2.27. The monoisotopic (exact) mass is 246 g/mol. The van der Waals surface area contributed by atoms with Gasteiger partial charge in [-0.1, -0.05) is 6.07 Å². The van der Waals surface area contributed by atoms with Crippen LogP contribution in [-0.4, -0.2) is 9.85 Å². The van der Waals surface area contributed by atoms with E-state index in [4.69, 9.17) is 0 Å². The van der Waals surface area contributed by atoms with Crippen molar-refractivity contribution in [3.05, 3.63) is 42.9 Å². The molecule has 0 aliphatic carbocycles. The highest BCUT2D eigenvalue weighted by Gasteiger charge is 2.26. The fraction of sp³-hybridized carbons (Fsp3) is 0. The molecule has 0 aliphatic heterocycles. The highest BCUT2D eigenvalue weighted by Crippen LogP contribution is 2.33. The largest absolute Gasteiger partial charge is 0.360 e. The minimum atomic E-state index is -0.789. The lowest BCUT2D eigenvalue weighted by atomic mass is 10.3. The van der Waals surface area contributed by atoms with E-state index in [0.29, 0.717) is 0 Å². The normalized spacial score (nSPS) is 9.62. The molecule has 0 aromatic heterocycles. The van der Waals surface area contributed by atoms with E-state index in [-0.39, 0.29) is 4.47 Å². The maximum Gasteiger partial charge on any atom is 0.360 e. The van der Waals surface area contributed by atoms with Gasteiger partial charge in [-0.3, -0.25) is 20.2 Å². The summed E-state index contributed by atoms with van der Waals surface area (Å²) < 4.78 is 0.103. The molecule has 0 atom stereocenters. The third-order valence-electron chi connectivity index (χ3n) is 1.34. The van der Waals surface area contributed by atoms with Crippen LogP contribution in [0, 0.1) is 20.2 Å². The summed E-state index contributed by atoms with van der Waals surface area (Å²) in [6.07, 6.45) is 0. The minimum absolute atomic E-state index is 0.103. The molecule has 13 heavy (non-hydrogen) atoms. The fourth-order valence-electron chi connectivity index (χ4n) is 0.832. The summed E-state index contributed by atoms with van der Waals surface area (Å²) >= 11 is 2.87. The summed E-state index contributed by atoms with van der Waals surface area (Å²) in [7, 11) is 0. The summed E-state index contributed by atoms with van der Waals surface area (Å²) in [5.74, 6) is 0. The third kappa shape index (κ3) is 1.81. The molecule has 0 aliphatic rings. The number of hydrogen-bond acceptors (Lipinski definition) is 4. The van der Waals surface area contributed by atoms with Gasteiger partial charge in [-0.25, -0.2) is 0 Å². The van der Waals surface area contributed by atoms with E-state index in [1.807, 2.05) is 0 Å². The number of para-hydroxylation sites is 1. The lowest BCUT2D eigenvalue weighted by molar-refractivity contribution is -0.423. The number of benzene rings is 1. The van der Waals surface area contributed by atoms with E-state index in [0.717, 1.165) is 6.07 Å². The Kier molecular flexibility index (Phi) is 2.57. The van der Waals surface area contributed by atoms with Gasteiger partial charge in [0.2, 0.25) is 0 Å². The Bertz CT molecular complexity index is 379. The lowest BCUT2D eigenvalue weighted by Crippen LogP contribution is -1.96. The Morgan fingerprint density at radius 2 is 1.77 bits per heavy atom. The number of hydrogen-bond donors (Lipinski definition) is 0. The molecule has 1 aromatic carbocycles. The highest BCUT2D eigenvalue weighted by atomic mass is 79.9. The first kappa shape index (κ1) is 9.59. The molecule has 1 aromatic rings. The van der Waals surface area contributed by atoms with Crippen molar-refractivity contribution in [1.82, 2.24) is 0 Å². The Balaban J connectivity index is 3.43.